The van der Waals surface area contributed by atoms with E-state index in [0.29, 0.717) is 5.41 Å². The topological polar surface area (TPSA) is 15.3 Å². The maximum atomic E-state index is 3.80. The zero-order valence-corrected chi connectivity index (χ0v) is 12.0. The van der Waals surface area contributed by atoms with E-state index >= 15 is 0 Å². The third kappa shape index (κ3) is 4.84. The molecule has 0 aliphatic heterocycles. The van der Waals surface area contributed by atoms with Crippen LogP contribution in [0.3, 0.4) is 0 Å². The molecule has 0 aromatic rings. The Bertz CT molecular complexity index is 203. The lowest BCUT2D eigenvalue weighted by Crippen LogP contribution is -2.44. The minimum absolute atomic E-state index is 0.367. The van der Waals surface area contributed by atoms with E-state index in [-0.39, 0.29) is 0 Å². The molecule has 2 nitrogen and oxygen atoms in total. The molecule has 0 radical (unpaired) electrons. The molecular weight excluding hydrogens is 196 g/mol. The van der Waals surface area contributed by atoms with Gasteiger partial charge in [0.1, 0.15) is 0 Å². The van der Waals surface area contributed by atoms with E-state index in [0.717, 1.165) is 31.0 Å². The second kappa shape index (κ2) is 5.50. The van der Waals surface area contributed by atoms with Gasteiger partial charge in [-0.1, -0.05) is 27.7 Å². The van der Waals surface area contributed by atoms with Crippen molar-refractivity contribution in [3.05, 3.63) is 0 Å². The van der Waals surface area contributed by atoms with Crippen LogP contribution in [0, 0.1) is 17.3 Å². The lowest BCUT2D eigenvalue weighted by atomic mass is 9.91. The highest BCUT2D eigenvalue weighted by Gasteiger charge is 2.33. The van der Waals surface area contributed by atoms with Gasteiger partial charge in [-0.05, 0) is 44.2 Å². The summed E-state index contributed by atoms with van der Waals surface area (Å²) in [5.41, 5.74) is 0.367. The summed E-state index contributed by atoms with van der Waals surface area (Å²) in [6, 6.07) is 0.737. The van der Waals surface area contributed by atoms with Gasteiger partial charge in [-0.3, -0.25) is 0 Å². The molecule has 1 unspecified atom stereocenters. The molecule has 2 heteroatoms. The number of rotatable bonds is 7. The molecular formula is C14H30N2. The van der Waals surface area contributed by atoms with E-state index in [2.05, 4.69) is 52.0 Å². The molecule has 1 fully saturated rings. The first-order valence-electron chi connectivity index (χ1n) is 6.70. The monoisotopic (exact) mass is 226 g/mol. The first-order valence-corrected chi connectivity index (χ1v) is 6.70. The standard InChI is InChI=1S/C14H30N2/c1-11(2)13(12-7-8-12)15-9-14(3,4)10-16(5)6/h11-13,15H,7-10H2,1-6H3. The summed E-state index contributed by atoms with van der Waals surface area (Å²) in [5.74, 6) is 1.72. The fraction of sp³-hybridized carbons (Fsp3) is 1.00. The van der Waals surface area contributed by atoms with Gasteiger partial charge in [-0.15, -0.1) is 0 Å². The Kier molecular flexibility index (Phi) is 4.81. The maximum Gasteiger partial charge on any atom is 0.0119 e. The third-order valence-electron chi connectivity index (χ3n) is 3.41. The first kappa shape index (κ1) is 14.0. The fourth-order valence-corrected chi connectivity index (χ4v) is 2.71. The van der Waals surface area contributed by atoms with E-state index < -0.39 is 0 Å². The average Bonchev–Trinajstić information content (AvgIpc) is 2.84. The van der Waals surface area contributed by atoms with Crippen LogP contribution < -0.4 is 5.32 Å². The van der Waals surface area contributed by atoms with E-state index in [1.807, 2.05) is 0 Å². The zero-order valence-electron chi connectivity index (χ0n) is 12.0. The van der Waals surface area contributed by atoms with Crippen molar-refractivity contribution in [2.75, 3.05) is 27.2 Å². The van der Waals surface area contributed by atoms with Crippen LogP contribution in [0.4, 0.5) is 0 Å². The first-order chi connectivity index (χ1) is 7.32. The molecule has 0 saturated heterocycles. The second-order valence-corrected chi connectivity index (χ2v) is 6.89. The Morgan fingerprint density at radius 1 is 1.25 bits per heavy atom. The Labute approximate surface area is 102 Å². The van der Waals surface area contributed by atoms with Crippen molar-refractivity contribution in [1.29, 1.82) is 0 Å². The highest BCUT2D eigenvalue weighted by atomic mass is 15.1. The van der Waals surface area contributed by atoms with Gasteiger partial charge < -0.3 is 10.2 Å². The van der Waals surface area contributed by atoms with Crippen LogP contribution in [0.25, 0.3) is 0 Å². The predicted octanol–water partition coefficient (Wildman–Crippen LogP) is 2.60. The third-order valence-corrected chi connectivity index (χ3v) is 3.41. The number of hydrogen-bond donors (Lipinski definition) is 1. The molecule has 1 saturated carbocycles. The van der Waals surface area contributed by atoms with Gasteiger partial charge in [0.25, 0.3) is 0 Å². The molecule has 1 N–H and O–H groups in total. The molecule has 96 valence electrons. The Balaban J connectivity index is 2.35. The predicted molar refractivity (Wildman–Crippen MR) is 71.7 cm³/mol. The molecule has 1 aliphatic carbocycles. The summed E-state index contributed by atoms with van der Waals surface area (Å²) in [6.45, 7) is 11.7. The minimum atomic E-state index is 0.367. The molecule has 0 amide bonds. The Hall–Kier alpha value is -0.0800. The van der Waals surface area contributed by atoms with Crippen molar-refractivity contribution in [1.82, 2.24) is 10.2 Å². The lowest BCUT2D eigenvalue weighted by molar-refractivity contribution is 0.212. The number of nitrogens with one attached hydrogen (secondary N) is 1. The van der Waals surface area contributed by atoms with Gasteiger partial charge in [0.05, 0.1) is 0 Å². The van der Waals surface area contributed by atoms with Gasteiger partial charge in [0.15, 0.2) is 0 Å². The van der Waals surface area contributed by atoms with E-state index in [9.17, 15) is 0 Å². The molecule has 16 heavy (non-hydrogen) atoms. The highest BCUT2D eigenvalue weighted by Crippen LogP contribution is 2.36. The van der Waals surface area contributed by atoms with Gasteiger partial charge in [-0.2, -0.15) is 0 Å². The van der Waals surface area contributed by atoms with Crippen molar-refractivity contribution < 1.29 is 0 Å². The Morgan fingerprint density at radius 2 is 1.81 bits per heavy atom. The average molecular weight is 226 g/mol. The normalized spacial score (nSPS) is 19.5. The molecule has 1 rings (SSSR count). The quantitative estimate of drug-likeness (QED) is 0.718. The van der Waals surface area contributed by atoms with Gasteiger partial charge >= 0.3 is 0 Å². The van der Waals surface area contributed by atoms with Crippen LogP contribution in [-0.2, 0) is 0 Å². The smallest absolute Gasteiger partial charge is 0.0119 e. The minimum Gasteiger partial charge on any atom is -0.313 e. The van der Waals surface area contributed by atoms with E-state index in [1.54, 1.807) is 0 Å². The lowest BCUT2D eigenvalue weighted by Gasteiger charge is -2.32. The van der Waals surface area contributed by atoms with Crippen LogP contribution in [0.5, 0.6) is 0 Å². The molecule has 0 heterocycles. The molecule has 0 spiro atoms. The summed E-state index contributed by atoms with van der Waals surface area (Å²) >= 11 is 0. The van der Waals surface area contributed by atoms with Crippen LogP contribution in [0.1, 0.15) is 40.5 Å². The summed E-state index contributed by atoms with van der Waals surface area (Å²) < 4.78 is 0. The van der Waals surface area contributed by atoms with Crippen molar-refractivity contribution in [3.63, 3.8) is 0 Å². The van der Waals surface area contributed by atoms with Crippen molar-refractivity contribution in [3.8, 4) is 0 Å². The fourth-order valence-electron chi connectivity index (χ4n) is 2.71. The van der Waals surface area contributed by atoms with Crippen LogP contribution in [-0.4, -0.2) is 38.1 Å². The summed E-state index contributed by atoms with van der Waals surface area (Å²) in [6.07, 6.45) is 2.87. The molecule has 0 aromatic carbocycles. The maximum absolute atomic E-state index is 3.80. The summed E-state index contributed by atoms with van der Waals surface area (Å²) in [7, 11) is 4.31. The van der Waals surface area contributed by atoms with Gasteiger partial charge in [0.2, 0.25) is 0 Å². The SMILES string of the molecule is CC(C)C(NCC(C)(C)CN(C)C)C1CC1. The van der Waals surface area contributed by atoms with Crippen LogP contribution >= 0.6 is 0 Å². The zero-order chi connectivity index (χ0) is 12.3. The second-order valence-electron chi connectivity index (χ2n) is 6.89. The van der Waals surface area contributed by atoms with Crippen LogP contribution in [0.2, 0.25) is 0 Å². The molecule has 0 bridgehead atoms. The van der Waals surface area contributed by atoms with Gasteiger partial charge in [-0.25, -0.2) is 0 Å². The van der Waals surface area contributed by atoms with Crippen LogP contribution in [0.15, 0.2) is 0 Å². The van der Waals surface area contributed by atoms with Gasteiger partial charge in [0, 0.05) is 19.1 Å². The van der Waals surface area contributed by atoms with E-state index in [1.165, 1.54) is 12.8 Å². The Morgan fingerprint density at radius 3 is 2.19 bits per heavy atom. The summed E-state index contributed by atoms with van der Waals surface area (Å²) in [4.78, 5) is 2.28. The van der Waals surface area contributed by atoms with E-state index in [4.69, 9.17) is 0 Å². The number of nitrogens with zero attached hydrogens (tertiary/aromatic N) is 1. The highest BCUT2D eigenvalue weighted by molar-refractivity contribution is 4.89. The molecule has 1 atom stereocenters. The largest absolute Gasteiger partial charge is 0.313 e. The molecule has 0 aromatic heterocycles. The van der Waals surface area contributed by atoms with Crippen molar-refractivity contribution in [2.45, 2.75) is 46.6 Å². The number of hydrogen-bond acceptors (Lipinski definition) is 2. The molecule has 1 aliphatic rings. The van der Waals surface area contributed by atoms with Crippen molar-refractivity contribution >= 4 is 0 Å². The van der Waals surface area contributed by atoms with Crippen molar-refractivity contribution in [2.24, 2.45) is 17.3 Å². The summed E-state index contributed by atoms with van der Waals surface area (Å²) in [5, 5.41) is 3.80.